The third kappa shape index (κ3) is 4.16. The average molecular weight is 471 g/mol. The maximum absolute atomic E-state index is 12.6. The summed E-state index contributed by atoms with van der Waals surface area (Å²) in [6, 6.07) is 1.91. The van der Waals surface area contributed by atoms with E-state index in [4.69, 9.17) is 10.7 Å². The monoisotopic (exact) mass is 470 g/mol. The molecule has 34 heavy (non-hydrogen) atoms. The first-order valence-corrected chi connectivity index (χ1v) is 11.1. The van der Waals surface area contributed by atoms with Crippen LogP contribution in [-0.2, 0) is 5.54 Å². The van der Waals surface area contributed by atoms with Crippen molar-refractivity contribution in [3.05, 3.63) is 54.3 Å². The molecule has 0 spiro atoms. The van der Waals surface area contributed by atoms with Gasteiger partial charge in [-0.05, 0) is 18.6 Å². The summed E-state index contributed by atoms with van der Waals surface area (Å²) in [6.45, 7) is 3.71. The maximum atomic E-state index is 12.6. The molecule has 0 aliphatic carbocycles. The van der Waals surface area contributed by atoms with Crippen LogP contribution in [0.2, 0.25) is 0 Å². The quantitative estimate of drug-likeness (QED) is 0.598. The number of aliphatic imine (C=N–C) groups is 1. The Morgan fingerprint density at radius 3 is 2.82 bits per heavy atom. The Hall–Kier alpha value is -3.31. The highest BCUT2D eigenvalue weighted by Crippen LogP contribution is 2.32. The highest BCUT2D eigenvalue weighted by Gasteiger charge is 2.45. The van der Waals surface area contributed by atoms with E-state index in [0.717, 1.165) is 28.1 Å². The van der Waals surface area contributed by atoms with Gasteiger partial charge in [-0.25, -0.2) is 9.97 Å². The Morgan fingerprint density at radius 2 is 2.09 bits per heavy atom. The van der Waals surface area contributed by atoms with Crippen molar-refractivity contribution in [2.45, 2.75) is 25.1 Å². The second-order valence-corrected chi connectivity index (χ2v) is 8.73. The maximum Gasteiger partial charge on any atom is 0.390 e. The molecule has 0 atom stereocenters. The lowest BCUT2D eigenvalue weighted by molar-refractivity contribution is -0.144. The lowest BCUT2D eigenvalue weighted by Gasteiger charge is -2.49. The molecule has 8 nitrogen and oxygen atoms in total. The molecule has 0 radical (unpaired) electrons. The first-order chi connectivity index (χ1) is 16.3. The molecule has 1 fully saturated rings. The molecule has 11 heteroatoms. The first kappa shape index (κ1) is 22.5. The summed E-state index contributed by atoms with van der Waals surface area (Å²) in [6.07, 6.45) is 8.02. The summed E-state index contributed by atoms with van der Waals surface area (Å²) in [5, 5.41) is 4.52. The van der Waals surface area contributed by atoms with Gasteiger partial charge in [0, 0.05) is 62.6 Å². The topological polar surface area (TPSA) is 89.6 Å². The largest absolute Gasteiger partial charge is 0.390 e. The van der Waals surface area contributed by atoms with Crippen LogP contribution in [-0.4, -0.2) is 74.2 Å². The number of fused-ring (bicyclic) bond motifs is 1. The molecule has 0 saturated carbocycles. The van der Waals surface area contributed by atoms with E-state index < -0.39 is 18.1 Å². The van der Waals surface area contributed by atoms with E-state index in [-0.39, 0.29) is 13.1 Å². The van der Waals surface area contributed by atoms with E-state index in [1.54, 1.807) is 22.0 Å². The molecule has 5 heterocycles. The SMILES string of the molecule is C/C=C1\C=C(c2cc3nccn3c(-c3cnn(C4(CN)CN(CCC(F)(F)F)C4)c3)n2)C=NC1. The zero-order chi connectivity index (χ0) is 23.9. The summed E-state index contributed by atoms with van der Waals surface area (Å²) in [4.78, 5) is 15.5. The molecule has 1 saturated heterocycles. The van der Waals surface area contributed by atoms with E-state index in [9.17, 15) is 13.2 Å². The van der Waals surface area contributed by atoms with Crippen molar-refractivity contribution >= 4 is 17.4 Å². The van der Waals surface area contributed by atoms with E-state index in [0.29, 0.717) is 25.5 Å². The normalized spacial score (nSPS) is 19.6. The zero-order valence-electron chi connectivity index (χ0n) is 18.7. The number of nitrogens with two attached hydrogens (primary N) is 1. The highest BCUT2D eigenvalue weighted by molar-refractivity contribution is 6.11. The Morgan fingerprint density at radius 1 is 1.26 bits per heavy atom. The molecule has 2 N–H and O–H groups in total. The van der Waals surface area contributed by atoms with Crippen molar-refractivity contribution in [2.75, 3.05) is 32.7 Å². The van der Waals surface area contributed by atoms with Crippen LogP contribution in [0.15, 0.2) is 53.6 Å². The van der Waals surface area contributed by atoms with Crippen molar-refractivity contribution in [2.24, 2.45) is 10.7 Å². The summed E-state index contributed by atoms with van der Waals surface area (Å²) in [5.74, 6) is 0.665. The van der Waals surface area contributed by atoms with Crippen molar-refractivity contribution in [1.82, 2.24) is 29.0 Å². The van der Waals surface area contributed by atoms with Gasteiger partial charge in [-0.3, -0.25) is 19.0 Å². The minimum atomic E-state index is -4.17. The second-order valence-electron chi connectivity index (χ2n) is 8.73. The number of nitrogens with zero attached hydrogens (tertiary/aromatic N) is 7. The number of hydrogen-bond donors (Lipinski definition) is 1. The molecule has 0 amide bonds. The number of imidazole rings is 1. The van der Waals surface area contributed by atoms with Gasteiger partial charge >= 0.3 is 6.18 Å². The standard InChI is InChI=1S/C23H25F3N8/c1-2-16-7-17(10-28-9-16)19-8-20-29-4-6-33(20)21(31-19)18-11-30-34(12-18)22(13-27)14-32(15-22)5-3-23(24,25)26/h2,4,6-8,10-12H,3,5,9,13-15,27H2,1H3/b16-2+. The Kier molecular flexibility index (Phi) is 5.61. The van der Waals surface area contributed by atoms with Gasteiger partial charge in [0.2, 0.25) is 0 Å². The molecule has 5 rings (SSSR count). The summed E-state index contributed by atoms with van der Waals surface area (Å²) in [5.41, 5.74) is 9.79. The minimum absolute atomic E-state index is 0.0382. The molecular weight excluding hydrogens is 445 g/mol. The molecule has 3 aromatic rings. The van der Waals surface area contributed by atoms with Crippen molar-refractivity contribution in [1.29, 1.82) is 0 Å². The predicted octanol–water partition coefficient (Wildman–Crippen LogP) is 2.93. The van der Waals surface area contributed by atoms with Crippen molar-refractivity contribution in [3.8, 4) is 11.4 Å². The zero-order valence-corrected chi connectivity index (χ0v) is 18.7. The summed E-state index contributed by atoms with van der Waals surface area (Å²) >= 11 is 0. The number of allylic oxidation sites excluding steroid dienone is 2. The molecule has 0 bridgehead atoms. The molecule has 0 aromatic carbocycles. The van der Waals surface area contributed by atoms with E-state index >= 15 is 0 Å². The molecule has 3 aromatic heterocycles. The first-order valence-electron chi connectivity index (χ1n) is 11.1. The Labute approximate surface area is 194 Å². The number of halogens is 3. The van der Waals surface area contributed by atoms with Crippen LogP contribution >= 0.6 is 0 Å². The summed E-state index contributed by atoms with van der Waals surface area (Å²) < 4.78 is 41.4. The van der Waals surface area contributed by atoms with E-state index in [1.165, 1.54) is 0 Å². The minimum Gasteiger partial charge on any atom is -0.328 e. The van der Waals surface area contributed by atoms with Crippen molar-refractivity contribution < 1.29 is 13.2 Å². The van der Waals surface area contributed by atoms with Gasteiger partial charge < -0.3 is 5.73 Å². The smallest absolute Gasteiger partial charge is 0.328 e. The predicted molar refractivity (Wildman–Crippen MR) is 123 cm³/mol. The van der Waals surface area contributed by atoms with Gasteiger partial charge in [-0.1, -0.05) is 6.08 Å². The number of aromatic nitrogens is 5. The van der Waals surface area contributed by atoms with E-state index in [2.05, 4.69) is 21.2 Å². The Balaban J connectivity index is 1.45. The molecule has 178 valence electrons. The van der Waals surface area contributed by atoms with Gasteiger partial charge in [0.15, 0.2) is 0 Å². The average Bonchev–Trinajstić information content (AvgIpc) is 3.47. The number of rotatable bonds is 6. The van der Waals surface area contributed by atoms with Gasteiger partial charge in [-0.2, -0.15) is 18.3 Å². The molecule has 2 aliphatic rings. The van der Waals surface area contributed by atoms with Crippen LogP contribution < -0.4 is 5.73 Å². The van der Waals surface area contributed by atoms with Crippen LogP contribution in [0, 0.1) is 0 Å². The number of dihydropyridines is 1. The molecule has 0 unspecified atom stereocenters. The van der Waals surface area contributed by atoms with Crippen LogP contribution in [0.3, 0.4) is 0 Å². The van der Waals surface area contributed by atoms with Gasteiger partial charge in [-0.15, -0.1) is 0 Å². The fraction of sp³-hybridized carbons (Fsp3) is 0.391. The summed E-state index contributed by atoms with van der Waals surface area (Å²) in [7, 11) is 0. The van der Waals surface area contributed by atoms with Crippen LogP contribution in [0.1, 0.15) is 19.0 Å². The van der Waals surface area contributed by atoms with Crippen LogP contribution in [0.4, 0.5) is 13.2 Å². The molecular formula is C23H25F3N8. The Bertz CT molecular complexity index is 1290. The number of hydrogen-bond acceptors (Lipinski definition) is 6. The second kappa shape index (κ2) is 8.48. The third-order valence-electron chi connectivity index (χ3n) is 6.36. The third-order valence-corrected chi connectivity index (χ3v) is 6.36. The van der Waals surface area contributed by atoms with Crippen molar-refractivity contribution in [3.63, 3.8) is 0 Å². The van der Waals surface area contributed by atoms with Gasteiger partial charge in [0.25, 0.3) is 0 Å². The number of likely N-dealkylation sites (tertiary alicyclic amines) is 1. The van der Waals surface area contributed by atoms with Crippen LogP contribution in [0.25, 0.3) is 22.6 Å². The lowest BCUT2D eigenvalue weighted by Crippen LogP contribution is -2.66. The fourth-order valence-electron chi connectivity index (χ4n) is 4.42. The number of alkyl halides is 3. The highest BCUT2D eigenvalue weighted by atomic mass is 19.4. The van der Waals surface area contributed by atoms with Gasteiger partial charge in [0.05, 0.1) is 30.4 Å². The van der Waals surface area contributed by atoms with E-state index in [1.807, 2.05) is 42.1 Å². The van der Waals surface area contributed by atoms with Gasteiger partial charge in [0.1, 0.15) is 17.0 Å². The fourth-order valence-corrected chi connectivity index (χ4v) is 4.42. The lowest BCUT2D eigenvalue weighted by atomic mass is 9.89. The molecule has 2 aliphatic heterocycles. The van der Waals surface area contributed by atoms with Crippen LogP contribution in [0.5, 0.6) is 0 Å².